The van der Waals surface area contributed by atoms with Crippen molar-refractivity contribution in [1.82, 2.24) is 15.2 Å². The maximum Gasteiger partial charge on any atom is 0.317 e. The fourth-order valence-corrected chi connectivity index (χ4v) is 4.83. The quantitative estimate of drug-likeness (QED) is 0.440. The molecule has 0 radical (unpaired) electrons. The fourth-order valence-electron chi connectivity index (χ4n) is 4.49. The molecule has 8 heteroatoms. The lowest BCUT2D eigenvalue weighted by Crippen LogP contribution is -2.35. The van der Waals surface area contributed by atoms with E-state index in [1.54, 1.807) is 17.0 Å². The van der Waals surface area contributed by atoms with Crippen LogP contribution in [0.25, 0.3) is 0 Å². The molecular formula is C26H24Cl2N4O2. The van der Waals surface area contributed by atoms with Gasteiger partial charge in [-0.3, -0.25) is 9.69 Å². The zero-order valence-electron chi connectivity index (χ0n) is 18.5. The van der Waals surface area contributed by atoms with E-state index >= 15 is 0 Å². The highest BCUT2D eigenvalue weighted by molar-refractivity contribution is 6.30. The Bertz CT molecular complexity index is 1210. The summed E-state index contributed by atoms with van der Waals surface area (Å²) >= 11 is 12.2. The lowest BCUT2D eigenvalue weighted by Gasteiger charge is -2.25. The predicted molar refractivity (Wildman–Crippen MR) is 134 cm³/mol. The minimum Gasteiger partial charge on any atom is -0.336 e. The Morgan fingerprint density at radius 2 is 1.85 bits per heavy atom. The summed E-state index contributed by atoms with van der Waals surface area (Å²) in [6.07, 6.45) is 3.59. The first-order valence-electron chi connectivity index (χ1n) is 11.2. The molecule has 0 spiro atoms. The van der Waals surface area contributed by atoms with Gasteiger partial charge in [0.2, 0.25) is 0 Å². The van der Waals surface area contributed by atoms with Crippen molar-refractivity contribution in [2.24, 2.45) is 0 Å². The number of para-hydroxylation sites is 1. The number of nitrogens with one attached hydrogen (secondary N) is 1. The van der Waals surface area contributed by atoms with Gasteiger partial charge in [0.1, 0.15) is 5.82 Å². The Hall–Kier alpha value is -3.09. The summed E-state index contributed by atoms with van der Waals surface area (Å²) in [4.78, 5) is 33.6. The third-order valence-corrected chi connectivity index (χ3v) is 7.07. The first-order valence-corrected chi connectivity index (χ1v) is 12.2. The van der Waals surface area contributed by atoms with E-state index in [2.05, 4.69) is 10.3 Å². The Morgan fingerprint density at radius 3 is 2.47 bits per heavy atom. The molecule has 0 atom stereocenters. The molecule has 3 aromatic rings. The van der Waals surface area contributed by atoms with Crippen LogP contribution >= 0.6 is 23.2 Å². The number of hydrogen-bond donors (Lipinski definition) is 1. The molecule has 2 fully saturated rings. The van der Waals surface area contributed by atoms with Gasteiger partial charge in [0.15, 0.2) is 0 Å². The molecule has 174 valence electrons. The van der Waals surface area contributed by atoms with E-state index in [1.807, 2.05) is 53.4 Å². The molecule has 5 rings (SSSR count). The van der Waals surface area contributed by atoms with Gasteiger partial charge in [0.25, 0.3) is 5.91 Å². The first-order chi connectivity index (χ1) is 16.5. The Kier molecular flexibility index (Phi) is 6.19. The van der Waals surface area contributed by atoms with Crippen LogP contribution in [0.5, 0.6) is 0 Å². The molecule has 1 saturated carbocycles. The minimum absolute atomic E-state index is 0.00198. The number of aromatic nitrogens is 1. The molecule has 34 heavy (non-hydrogen) atoms. The number of carbonyl (C=O) groups is 2. The monoisotopic (exact) mass is 494 g/mol. The second kappa shape index (κ2) is 9.28. The van der Waals surface area contributed by atoms with Gasteiger partial charge >= 0.3 is 6.03 Å². The Labute approximate surface area is 208 Å². The average Bonchev–Trinajstić information content (AvgIpc) is 3.55. The van der Waals surface area contributed by atoms with E-state index < -0.39 is 0 Å². The smallest absolute Gasteiger partial charge is 0.317 e. The summed E-state index contributed by atoms with van der Waals surface area (Å²) in [7, 11) is 0. The zero-order valence-corrected chi connectivity index (χ0v) is 20.0. The van der Waals surface area contributed by atoms with Crippen LogP contribution < -0.4 is 10.2 Å². The zero-order chi connectivity index (χ0) is 23.7. The van der Waals surface area contributed by atoms with E-state index in [9.17, 15) is 9.59 Å². The van der Waals surface area contributed by atoms with E-state index in [4.69, 9.17) is 23.2 Å². The molecule has 2 aromatic carbocycles. The van der Waals surface area contributed by atoms with Gasteiger partial charge in [-0.2, -0.15) is 0 Å². The van der Waals surface area contributed by atoms with Crippen LogP contribution in [-0.2, 0) is 11.3 Å². The van der Waals surface area contributed by atoms with Crippen molar-refractivity contribution in [3.8, 4) is 0 Å². The van der Waals surface area contributed by atoms with Crippen molar-refractivity contribution in [1.29, 1.82) is 0 Å². The molecule has 1 aliphatic carbocycles. The normalized spacial score (nSPS) is 16.3. The van der Waals surface area contributed by atoms with Crippen LogP contribution in [0.1, 0.15) is 34.3 Å². The Balaban J connectivity index is 1.45. The lowest BCUT2D eigenvalue weighted by atomic mass is 9.94. The molecule has 0 bridgehead atoms. The van der Waals surface area contributed by atoms with Crippen molar-refractivity contribution in [2.45, 2.75) is 24.1 Å². The van der Waals surface area contributed by atoms with E-state index in [0.29, 0.717) is 35.2 Å². The van der Waals surface area contributed by atoms with E-state index in [-0.39, 0.29) is 23.2 Å². The number of pyridine rings is 1. The number of halogens is 2. The van der Waals surface area contributed by atoms with Crippen molar-refractivity contribution in [3.63, 3.8) is 0 Å². The number of urea groups is 1. The summed E-state index contributed by atoms with van der Waals surface area (Å²) in [6.45, 7) is 2.14. The lowest BCUT2D eigenvalue weighted by molar-refractivity contribution is 0.0998. The van der Waals surface area contributed by atoms with Crippen LogP contribution in [0.2, 0.25) is 5.02 Å². The van der Waals surface area contributed by atoms with Crippen LogP contribution in [0.15, 0.2) is 66.9 Å². The summed E-state index contributed by atoms with van der Waals surface area (Å²) in [5, 5.41) is 3.36. The summed E-state index contributed by atoms with van der Waals surface area (Å²) < 4.78 is 0. The van der Waals surface area contributed by atoms with Gasteiger partial charge in [0, 0.05) is 42.7 Å². The number of carbonyl (C=O) groups excluding carboxylic acids is 2. The minimum atomic E-state index is -0.206. The molecule has 1 aromatic heterocycles. The first kappa shape index (κ1) is 22.7. The van der Waals surface area contributed by atoms with Crippen molar-refractivity contribution >= 4 is 46.6 Å². The molecule has 1 N–H and O–H groups in total. The highest BCUT2D eigenvalue weighted by Gasteiger charge is 2.46. The number of anilines is 2. The maximum absolute atomic E-state index is 13.7. The van der Waals surface area contributed by atoms with Crippen molar-refractivity contribution < 1.29 is 9.59 Å². The van der Waals surface area contributed by atoms with Crippen LogP contribution in [-0.4, -0.2) is 41.5 Å². The Morgan fingerprint density at radius 1 is 1.09 bits per heavy atom. The molecule has 1 aliphatic heterocycles. The topological polar surface area (TPSA) is 65.5 Å². The number of rotatable bonds is 7. The van der Waals surface area contributed by atoms with Gasteiger partial charge in [-0.1, -0.05) is 41.9 Å². The number of amides is 3. The van der Waals surface area contributed by atoms with E-state index in [1.165, 1.54) is 6.20 Å². The number of hydrogen-bond acceptors (Lipinski definition) is 3. The van der Waals surface area contributed by atoms with E-state index in [0.717, 1.165) is 30.5 Å². The molecule has 0 unspecified atom stereocenters. The molecule has 2 heterocycles. The standard InChI is InChI=1S/C26H24Cl2N4O2/c27-15-19-3-1-2-4-22(19)32(23-10-9-21(28)16-30-23)24(33)18-5-7-20(8-6-18)26(11-12-26)17-31-14-13-29-25(31)34/h1-10,16H,11-15,17H2,(H,29,34). The van der Waals surface area contributed by atoms with Crippen LogP contribution in [0, 0.1) is 0 Å². The molecule has 3 amide bonds. The average molecular weight is 495 g/mol. The maximum atomic E-state index is 13.7. The van der Waals surface area contributed by atoms with Crippen molar-refractivity contribution in [3.05, 3.63) is 88.6 Å². The third kappa shape index (κ3) is 4.36. The van der Waals surface area contributed by atoms with Gasteiger partial charge in [-0.15, -0.1) is 11.6 Å². The van der Waals surface area contributed by atoms with Crippen LogP contribution in [0.3, 0.4) is 0 Å². The van der Waals surface area contributed by atoms with Crippen molar-refractivity contribution in [2.75, 3.05) is 24.5 Å². The highest BCUT2D eigenvalue weighted by atomic mass is 35.5. The molecule has 6 nitrogen and oxygen atoms in total. The molecule has 2 aliphatic rings. The van der Waals surface area contributed by atoms with Gasteiger partial charge in [-0.05, 0) is 54.3 Å². The fraction of sp³-hybridized carbons (Fsp3) is 0.269. The van der Waals surface area contributed by atoms with Gasteiger partial charge < -0.3 is 10.2 Å². The number of nitrogens with zero attached hydrogens (tertiary/aromatic N) is 3. The largest absolute Gasteiger partial charge is 0.336 e. The number of benzene rings is 2. The van der Waals surface area contributed by atoms with Crippen LogP contribution in [0.4, 0.5) is 16.3 Å². The summed E-state index contributed by atoms with van der Waals surface area (Å²) in [5.74, 6) is 0.525. The third-order valence-electron chi connectivity index (χ3n) is 6.56. The van der Waals surface area contributed by atoms with Gasteiger partial charge in [0.05, 0.1) is 10.7 Å². The number of alkyl halides is 1. The second-order valence-electron chi connectivity index (χ2n) is 8.75. The molecule has 1 saturated heterocycles. The van der Waals surface area contributed by atoms with Gasteiger partial charge in [-0.25, -0.2) is 9.78 Å². The molecular weight excluding hydrogens is 471 g/mol. The predicted octanol–water partition coefficient (Wildman–Crippen LogP) is 5.51. The SMILES string of the molecule is O=C1NCCN1CC1(c2ccc(C(=O)N(c3ccc(Cl)cn3)c3ccccc3CCl)cc2)CC1. The summed E-state index contributed by atoms with van der Waals surface area (Å²) in [6, 6.07) is 18.7. The second-order valence-corrected chi connectivity index (χ2v) is 9.45. The highest BCUT2D eigenvalue weighted by Crippen LogP contribution is 2.49. The summed E-state index contributed by atoms with van der Waals surface area (Å²) in [5.41, 5.74) is 3.18.